The van der Waals surface area contributed by atoms with Gasteiger partial charge in [0.15, 0.2) is 4.77 Å². The van der Waals surface area contributed by atoms with Crippen LogP contribution in [0.4, 0.5) is 0 Å². The maximum Gasteiger partial charge on any atom is 0.269 e. The van der Waals surface area contributed by atoms with Crippen LogP contribution < -0.4 is 5.56 Å². The maximum absolute atomic E-state index is 12.7. The van der Waals surface area contributed by atoms with E-state index in [1.54, 1.807) is 24.3 Å². The third-order valence-electron chi connectivity index (χ3n) is 3.22. The molecule has 8 heteroatoms. The number of aromatic amines is 1. The Morgan fingerprint density at radius 2 is 1.83 bits per heavy atom. The number of rotatable bonds is 1. The third kappa shape index (κ3) is 2.99. The van der Waals surface area contributed by atoms with E-state index in [1.165, 1.54) is 12.1 Å². The standard InChI is InChI=1S/C15H7BrCl2N2O2S/c16-8-3-1-7(2-4-8)13(21)20-14(22)10-5-9(17)6-11(18)12(10)19-15(20)23/h1-6H,(H,19,23). The quantitative estimate of drug-likeness (QED) is 0.564. The lowest BCUT2D eigenvalue weighted by atomic mass is 10.2. The van der Waals surface area contributed by atoms with Gasteiger partial charge in [0, 0.05) is 15.1 Å². The predicted octanol–water partition coefficient (Wildman–Crippen LogP) is 4.82. The molecule has 0 atom stereocenters. The fourth-order valence-corrected chi connectivity index (χ4v) is 3.22. The fraction of sp³-hybridized carbons (Fsp3) is 0. The topological polar surface area (TPSA) is 54.9 Å². The number of nitrogens with one attached hydrogen (secondary N) is 1. The van der Waals surface area contributed by atoms with Crippen LogP contribution >= 0.6 is 51.3 Å². The number of aromatic nitrogens is 2. The number of H-pyrrole nitrogens is 1. The number of benzene rings is 2. The summed E-state index contributed by atoms with van der Waals surface area (Å²) in [6, 6.07) is 9.56. The SMILES string of the molecule is O=C(c1ccc(Br)cc1)n1c(=S)[nH]c2c(Cl)cc(Cl)cc2c1=O. The maximum atomic E-state index is 12.7. The van der Waals surface area contributed by atoms with Gasteiger partial charge in [-0.2, -0.15) is 0 Å². The van der Waals surface area contributed by atoms with Gasteiger partial charge < -0.3 is 4.98 Å². The second-order valence-electron chi connectivity index (χ2n) is 4.69. The molecule has 0 aliphatic carbocycles. The van der Waals surface area contributed by atoms with Crippen LogP contribution in [-0.2, 0) is 0 Å². The van der Waals surface area contributed by atoms with Crippen molar-refractivity contribution in [3.8, 4) is 0 Å². The minimum atomic E-state index is -0.568. The van der Waals surface area contributed by atoms with E-state index in [2.05, 4.69) is 20.9 Å². The van der Waals surface area contributed by atoms with Crippen LogP contribution in [0.3, 0.4) is 0 Å². The highest BCUT2D eigenvalue weighted by Crippen LogP contribution is 2.24. The van der Waals surface area contributed by atoms with Gasteiger partial charge in [-0.15, -0.1) is 0 Å². The molecule has 1 N–H and O–H groups in total. The lowest BCUT2D eigenvalue weighted by Crippen LogP contribution is -2.29. The van der Waals surface area contributed by atoms with Gasteiger partial charge in [0.1, 0.15) is 0 Å². The Kier molecular flexibility index (Phi) is 4.42. The highest BCUT2D eigenvalue weighted by atomic mass is 79.9. The minimum Gasteiger partial charge on any atom is -0.330 e. The molecule has 0 unspecified atom stereocenters. The normalized spacial score (nSPS) is 10.9. The first-order valence-corrected chi connectivity index (χ1v) is 8.28. The summed E-state index contributed by atoms with van der Waals surface area (Å²) in [5, 5.41) is 0.758. The van der Waals surface area contributed by atoms with Crippen LogP contribution in [0.5, 0.6) is 0 Å². The van der Waals surface area contributed by atoms with E-state index in [9.17, 15) is 9.59 Å². The van der Waals surface area contributed by atoms with Crippen LogP contribution in [0.15, 0.2) is 45.7 Å². The second kappa shape index (κ2) is 6.20. The van der Waals surface area contributed by atoms with E-state index in [1.807, 2.05) is 0 Å². The smallest absolute Gasteiger partial charge is 0.269 e. The van der Waals surface area contributed by atoms with Crippen molar-refractivity contribution < 1.29 is 4.79 Å². The summed E-state index contributed by atoms with van der Waals surface area (Å²) in [7, 11) is 0. The van der Waals surface area contributed by atoms with Crippen molar-refractivity contribution in [2.75, 3.05) is 0 Å². The second-order valence-corrected chi connectivity index (χ2v) is 6.84. The van der Waals surface area contributed by atoms with Crippen molar-refractivity contribution in [2.45, 2.75) is 0 Å². The van der Waals surface area contributed by atoms with Gasteiger partial charge in [-0.05, 0) is 48.6 Å². The molecule has 0 radical (unpaired) electrons. The molecule has 0 bridgehead atoms. The number of fused-ring (bicyclic) bond motifs is 1. The molecule has 0 amide bonds. The number of carbonyl (C=O) groups is 1. The summed E-state index contributed by atoms with van der Waals surface area (Å²) in [6.45, 7) is 0. The van der Waals surface area contributed by atoms with Crippen molar-refractivity contribution in [1.82, 2.24) is 9.55 Å². The molecule has 3 aromatic rings. The van der Waals surface area contributed by atoms with Gasteiger partial charge in [0.2, 0.25) is 0 Å². The monoisotopic (exact) mass is 428 g/mol. The molecule has 0 aliphatic rings. The van der Waals surface area contributed by atoms with Gasteiger partial charge in [0.25, 0.3) is 11.5 Å². The fourth-order valence-electron chi connectivity index (χ4n) is 2.15. The Bertz CT molecular complexity index is 1060. The molecule has 1 aromatic heterocycles. The predicted molar refractivity (Wildman–Crippen MR) is 97.3 cm³/mol. The molecular formula is C15H7BrCl2N2O2S. The van der Waals surface area contributed by atoms with Crippen molar-refractivity contribution in [3.05, 3.63) is 71.6 Å². The van der Waals surface area contributed by atoms with Crippen molar-refractivity contribution in [3.63, 3.8) is 0 Å². The van der Waals surface area contributed by atoms with Crippen molar-refractivity contribution in [1.29, 1.82) is 0 Å². The number of hydrogen-bond acceptors (Lipinski definition) is 3. The summed E-state index contributed by atoms with van der Waals surface area (Å²) >= 11 is 20.5. The molecule has 23 heavy (non-hydrogen) atoms. The van der Waals surface area contributed by atoms with Gasteiger partial charge in [0.05, 0.1) is 15.9 Å². The van der Waals surface area contributed by atoms with E-state index >= 15 is 0 Å². The highest BCUT2D eigenvalue weighted by molar-refractivity contribution is 9.10. The van der Waals surface area contributed by atoms with Crippen molar-refractivity contribution in [2.24, 2.45) is 0 Å². The van der Waals surface area contributed by atoms with E-state index in [-0.39, 0.29) is 15.2 Å². The van der Waals surface area contributed by atoms with E-state index in [0.29, 0.717) is 16.1 Å². The summed E-state index contributed by atoms with van der Waals surface area (Å²) in [5.41, 5.74) is 0.120. The van der Waals surface area contributed by atoms with Crippen LogP contribution in [0.1, 0.15) is 10.4 Å². The Hall–Kier alpha value is -1.47. The van der Waals surface area contributed by atoms with Gasteiger partial charge in [-0.1, -0.05) is 39.1 Å². The highest BCUT2D eigenvalue weighted by Gasteiger charge is 2.16. The minimum absolute atomic E-state index is 0.0281. The molecule has 0 aliphatic heterocycles. The molecule has 2 aromatic carbocycles. The average molecular weight is 430 g/mol. The van der Waals surface area contributed by atoms with Crippen molar-refractivity contribution >= 4 is 68.2 Å². The van der Waals surface area contributed by atoms with E-state index in [0.717, 1.165) is 9.04 Å². The summed E-state index contributed by atoms with van der Waals surface area (Å²) in [6.07, 6.45) is 0. The first-order chi connectivity index (χ1) is 10.9. The number of hydrogen-bond donors (Lipinski definition) is 1. The molecule has 0 spiro atoms. The van der Waals surface area contributed by atoms with Crippen LogP contribution in [0.2, 0.25) is 10.0 Å². The van der Waals surface area contributed by atoms with Crippen LogP contribution in [0, 0.1) is 4.77 Å². The van der Waals surface area contributed by atoms with Gasteiger partial charge >= 0.3 is 0 Å². The molecule has 4 nitrogen and oxygen atoms in total. The Morgan fingerprint density at radius 1 is 1.17 bits per heavy atom. The van der Waals surface area contributed by atoms with Crippen LogP contribution in [-0.4, -0.2) is 15.5 Å². The molecular weight excluding hydrogens is 423 g/mol. The molecule has 116 valence electrons. The van der Waals surface area contributed by atoms with Gasteiger partial charge in [-0.25, -0.2) is 4.57 Å². The largest absolute Gasteiger partial charge is 0.330 e. The molecule has 3 rings (SSSR count). The first kappa shape index (κ1) is 16.4. The summed E-state index contributed by atoms with van der Waals surface area (Å²) < 4.78 is 1.69. The Balaban J connectivity index is 2.30. The summed E-state index contributed by atoms with van der Waals surface area (Å²) in [5.74, 6) is -0.526. The third-order valence-corrected chi connectivity index (χ3v) is 4.55. The zero-order chi connectivity index (χ0) is 16.7. The molecule has 0 saturated carbocycles. The average Bonchev–Trinajstić information content (AvgIpc) is 2.49. The molecule has 1 heterocycles. The number of halogens is 3. The van der Waals surface area contributed by atoms with E-state index < -0.39 is 11.5 Å². The Morgan fingerprint density at radius 3 is 2.48 bits per heavy atom. The van der Waals surface area contributed by atoms with Gasteiger partial charge in [-0.3, -0.25) is 9.59 Å². The van der Waals surface area contributed by atoms with E-state index in [4.69, 9.17) is 35.4 Å². The zero-order valence-electron chi connectivity index (χ0n) is 11.3. The number of carbonyl (C=O) groups excluding carboxylic acids is 1. The molecule has 0 fully saturated rings. The lowest BCUT2D eigenvalue weighted by Gasteiger charge is -2.08. The molecule has 0 saturated heterocycles. The van der Waals surface area contributed by atoms with Crippen LogP contribution in [0.25, 0.3) is 10.9 Å². The lowest BCUT2D eigenvalue weighted by molar-refractivity contribution is 0.0953. The summed E-state index contributed by atoms with van der Waals surface area (Å²) in [4.78, 5) is 28.1. The Labute approximate surface area is 153 Å². The zero-order valence-corrected chi connectivity index (χ0v) is 15.2. The first-order valence-electron chi connectivity index (χ1n) is 6.33. The number of nitrogens with zero attached hydrogens (tertiary/aromatic N) is 1.